The third-order valence-electron chi connectivity index (χ3n) is 3.06. The van der Waals surface area contributed by atoms with Gasteiger partial charge in [-0.1, -0.05) is 6.07 Å². The number of hydrogen-bond acceptors (Lipinski definition) is 5. The Labute approximate surface area is 118 Å². The Hall–Kier alpha value is -2.28. The van der Waals surface area contributed by atoms with Gasteiger partial charge in [-0.3, -0.25) is 20.2 Å². The van der Waals surface area contributed by atoms with E-state index in [1.165, 1.54) is 35.6 Å². The van der Waals surface area contributed by atoms with Crippen molar-refractivity contribution in [2.45, 2.75) is 18.8 Å². The van der Waals surface area contributed by atoms with Crippen LogP contribution in [0.1, 0.15) is 34.8 Å². The van der Waals surface area contributed by atoms with Crippen molar-refractivity contribution < 1.29 is 9.72 Å². The summed E-state index contributed by atoms with van der Waals surface area (Å²) in [6.07, 6.45) is 2.31. The van der Waals surface area contributed by atoms with Crippen LogP contribution in [0.4, 0.5) is 10.8 Å². The zero-order valence-electron chi connectivity index (χ0n) is 10.4. The fourth-order valence-electron chi connectivity index (χ4n) is 1.84. The number of carbonyl (C=O) groups excluding carboxylic acids is 1. The van der Waals surface area contributed by atoms with E-state index in [4.69, 9.17) is 0 Å². The van der Waals surface area contributed by atoms with Crippen LogP contribution in [0.2, 0.25) is 0 Å². The van der Waals surface area contributed by atoms with Crippen LogP contribution in [0.3, 0.4) is 0 Å². The molecule has 0 unspecified atom stereocenters. The molecule has 1 aliphatic rings. The van der Waals surface area contributed by atoms with Gasteiger partial charge in [0.1, 0.15) is 0 Å². The number of non-ortho nitro benzene ring substituents is 1. The van der Waals surface area contributed by atoms with Crippen LogP contribution < -0.4 is 5.32 Å². The van der Waals surface area contributed by atoms with E-state index >= 15 is 0 Å². The zero-order valence-corrected chi connectivity index (χ0v) is 11.2. The molecule has 1 fully saturated rings. The molecule has 0 bridgehead atoms. The first-order chi connectivity index (χ1) is 9.63. The molecule has 0 aliphatic heterocycles. The fraction of sp³-hybridized carbons (Fsp3) is 0.231. The lowest BCUT2D eigenvalue weighted by molar-refractivity contribution is -0.384. The molecule has 102 valence electrons. The van der Waals surface area contributed by atoms with Crippen LogP contribution in [0.15, 0.2) is 29.6 Å². The predicted octanol–water partition coefficient (Wildman–Crippen LogP) is 3.18. The van der Waals surface area contributed by atoms with Crippen molar-refractivity contribution in [1.29, 1.82) is 0 Å². The van der Waals surface area contributed by atoms with Crippen molar-refractivity contribution >= 4 is 28.1 Å². The minimum atomic E-state index is -0.522. The first-order valence-electron chi connectivity index (χ1n) is 6.15. The van der Waals surface area contributed by atoms with E-state index in [0.717, 1.165) is 18.5 Å². The van der Waals surface area contributed by atoms with Gasteiger partial charge in [-0.15, -0.1) is 11.3 Å². The van der Waals surface area contributed by atoms with Crippen molar-refractivity contribution in [1.82, 2.24) is 4.98 Å². The van der Waals surface area contributed by atoms with Crippen LogP contribution >= 0.6 is 11.3 Å². The topological polar surface area (TPSA) is 85.1 Å². The summed E-state index contributed by atoms with van der Waals surface area (Å²) < 4.78 is 0. The standard InChI is InChI=1S/C13H11N3O3S/c17-12(9-2-1-3-10(6-9)16(18)19)15-13-14-11(7-20-13)8-4-5-8/h1-3,6-8H,4-5H2,(H,14,15,17). The number of hydrogen-bond donors (Lipinski definition) is 1. The van der Waals surface area contributed by atoms with E-state index in [-0.39, 0.29) is 17.2 Å². The van der Waals surface area contributed by atoms with Gasteiger partial charge in [0, 0.05) is 29.0 Å². The molecule has 1 aromatic carbocycles. The molecule has 1 heterocycles. The number of thiazole rings is 1. The Balaban J connectivity index is 1.74. The van der Waals surface area contributed by atoms with Gasteiger partial charge in [0.15, 0.2) is 5.13 Å². The van der Waals surface area contributed by atoms with Crippen LogP contribution in [-0.2, 0) is 0 Å². The molecule has 0 saturated heterocycles. The molecule has 3 rings (SSSR count). The summed E-state index contributed by atoms with van der Waals surface area (Å²) in [6.45, 7) is 0. The Morgan fingerprint density at radius 2 is 2.25 bits per heavy atom. The van der Waals surface area contributed by atoms with E-state index in [1.807, 2.05) is 5.38 Å². The lowest BCUT2D eigenvalue weighted by Gasteiger charge is -2.01. The van der Waals surface area contributed by atoms with Gasteiger partial charge in [0.25, 0.3) is 11.6 Å². The Morgan fingerprint density at radius 3 is 2.95 bits per heavy atom. The Morgan fingerprint density at radius 1 is 1.45 bits per heavy atom. The number of nitro benzene ring substituents is 1. The molecule has 0 spiro atoms. The van der Waals surface area contributed by atoms with Gasteiger partial charge in [0.2, 0.25) is 0 Å². The maximum absolute atomic E-state index is 12.0. The Kier molecular flexibility index (Phi) is 3.19. The SMILES string of the molecule is O=C(Nc1nc(C2CC2)cs1)c1cccc([N+](=O)[O-])c1. The highest BCUT2D eigenvalue weighted by Crippen LogP contribution is 2.40. The third-order valence-corrected chi connectivity index (χ3v) is 3.83. The first kappa shape index (κ1) is 12.7. The largest absolute Gasteiger partial charge is 0.298 e. The summed E-state index contributed by atoms with van der Waals surface area (Å²) >= 11 is 1.37. The lowest BCUT2D eigenvalue weighted by atomic mass is 10.2. The molecule has 7 heteroatoms. The summed E-state index contributed by atoms with van der Waals surface area (Å²) in [4.78, 5) is 26.5. The van der Waals surface area contributed by atoms with Crippen molar-refractivity contribution in [2.24, 2.45) is 0 Å². The molecule has 1 aromatic heterocycles. The highest BCUT2D eigenvalue weighted by atomic mass is 32.1. The van der Waals surface area contributed by atoms with Gasteiger partial charge in [0.05, 0.1) is 10.6 Å². The van der Waals surface area contributed by atoms with Crippen molar-refractivity contribution in [2.75, 3.05) is 5.32 Å². The predicted molar refractivity (Wildman–Crippen MR) is 75.1 cm³/mol. The molecule has 6 nitrogen and oxygen atoms in total. The number of anilines is 1. The minimum Gasteiger partial charge on any atom is -0.298 e. The van der Waals surface area contributed by atoms with Crippen LogP contribution in [0, 0.1) is 10.1 Å². The molecule has 1 saturated carbocycles. The molecular formula is C13H11N3O3S. The smallest absolute Gasteiger partial charge is 0.270 e. The summed E-state index contributed by atoms with van der Waals surface area (Å²) in [7, 11) is 0. The number of nitrogens with zero attached hydrogens (tertiary/aromatic N) is 2. The van der Waals surface area contributed by atoms with E-state index in [1.54, 1.807) is 0 Å². The average molecular weight is 289 g/mol. The number of nitro groups is 1. The zero-order chi connectivity index (χ0) is 14.1. The second-order valence-electron chi connectivity index (χ2n) is 4.61. The Bertz CT molecular complexity index is 679. The van der Waals surface area contributed by atoms with Crippen molar-refractivity contribution in [3.05, 3.63) is 51.0 Å². The minimum absolute atomic E-state index is 0.101. The molecule has 2 aromatic rings. The fourth-order valence-corrected chi connectivity index (χ4v) is 2.63. The quantitative estimate of drug-likeness (QED) is 0.692. The number of benzene rings is 1. The number of rotatable bonds is 4. The number of carbonyl (C=O) groups is 1. The third kappa shape index (κ3) is 2.67. The lowest BCUT2D eigenvalue weighted by Crippen LogP contribution is -2.11. The van der Waals surface area contributed by atoms with Gasteiger partial charge in [-0.05, 0) is 18.9 Å². The summed E-state index contributed by atoms with van der Waals surface area (Å²) in [6, 6.07) is 5.64. The van der Waals surface area contributed by atoms with Gasteiger partial charge in [-0.25, -0.2) is 4.98 Å². The van der Waals surface area contributed by atoms with Gasteiger partial charge >= 0.3 is 0 Å². The van der Waals surface area contributed by atoms with E-state index in [2.05, 4.69) is 10.3 Å². The summed E-state index contributed by atoms with van der Waals surface area (Å²) in [5.41, 5.74) is 1.17. The average Bonchev–Trinajstić information content (AvgIpc) is 3.20. The molecule has 0 radical (unpaired) electrons. The summed E-state index contributed by atoms with van der Waals surface area (Å²) in [5, 5.41) is 15.8. The molecule has 20 heavy (non-hydrogen) atoms. The highest BCUT2D eigenvalue weighted by Gasteiger charge is 2.26. The van der Waals surface area contributed by atoms with Gasteiger partial charge in [-0.2, -0.15) is 0 Å². The van der Waals surface area contributed by atoms with Crippen LogP contribution in [-0.4, -0.2) is 15.8 Å². The van der Waals surface area contributed by atoms with E-state index < -0.39 is 4.92 Å². The number of amides is 1. The number of nitrogens with one attached hydrogen (secondary N) is 1. The maximum atomic E-state index is 12.0. The molecule has 1 N–H and O–H groups in total. The maximum Gasteiger partial charge on any atom is 0.270 e. The molecule has 1 amide bonds. The normalized spacial score (nSPS) is 14.0. The van der Waals surface area contributed by atoms with E-state index in [0.29, 0.717) is 11.0 Å². The molecular weight excluding hydrogens is 278 g/mol. The monoisotopic (exact) mass is 289 g/mol. The second kappa shape index (κ2) is 5.01. The van der Waals surface area contributed by atoms with Crippen LogP contribution in [0.5, 0.6) is 0 Å². The van der Waals surface area contributed by atoms with Crippen molar-refractivity contribution in [3.63, 3.8) is 0 Å². The van der Waals surface area contributed by atoms with Gasteiger partial charge < -0.3 is 0 Å². The van der Waals surface area contributed by atoms with Crippen molar-refractivity contribution in [3.8, 4) is 0 Å². The second-order valence-corrected chi connectivity index (χ2v) is 5.47. The van der Waals surface area contributed by atoms with E-state index in [9.17, 15) is 14.9 Å². The first-order valence-corrected chi connectivity index (χ1v) is 7.02. The van der Waals surface area contributed by atoms with Crippen LogP contribution in [0.25, 0.3) is 0 Å². The summed E-state index contributed by atoms with van der Waals surface area (Å²) in [5.74, 6) is 0.153. The number of aromatic nitrogens is 1. The highest BCUT2D eigenvalue weighted by molar-refractivity contribution is 7.14. The molecule has 1 aliphatic carbocycles. The molecule has 0 atom stereocenters.